The maximum atomic E-state index is 12.3. The van der Waals surface area contributed by atoms with Crippen LogP contribution in [0.5, 0.6) is 5.75 Å². The Hall–Kier alpha value is -3.79. The summed E-state index contributed by atoms with van der Waals surface area (Å²) < 4.78 is 7.27. The average Bonchev–Trinajstić information content (AvgIpc) is 3.27. The third kappa shape index (κ3) is 3.75. The molecule has 0 aliphatic heterocycles. The molecule has 3 rings (SSSR count). The Kier molecular flexibility index (Phi) is 5.08. The van der Waals surface area contributed by atoms with Gasteiger partial charge in [-0.2, -0.15) is 10.4 Å². The van der Waals surface area contributed by atoms with E-state index < -0.39 is 5.91 Å². The second-order valence-electron chi connectivity index (χ2n) is 5.97. The molecule has 2 N–H and O–H groups in total. The lowest BCUT2D eigenvalue weighted by molar-refractivity contribution is -0.112. The van der Waals surface area contributed by atoms with Crippen molar-refractivity contribution in [3.63, 3.8) is 0 Å². The highest BCUT2D eigenvalue weighted by atomic mass is 16.5. The molecule has 136 valence electrons. The monoisotopic (exact) mass is 361 g/mol. The fraction of sp³-hybridized carbons (Fsp3) is 0.150. The highest BCUT2D eigenvalue weighted by molar-refractivity contribution is 6.09. The summed E-state index contributed by atoms with van der Waals surface area (Å²) in [5.41, 5.74) is 4.24. The zero-order chi connectivity index (χ0) is 19.4. The average molecular weight is 361 g/mol. The van der Waals surface area contributed by atoms with Crippen molar-refractivity contribution in [3.8, 4) is 17.5 Å². The standard InChI is InChI=1S/C20H19N5O2/c1-13-8-15(9-16(10-21)20(26)24-17-11-22-23-12-17)14(2)25(13)18-4-6-19(27-3)7-5-18/h4-9,11-12H,1-3H3,(H,22,23)(H,24,26)/b16-9-. The van der Waals surface area contributed by atoms with E-state index in [1.54, 1.807) is 19.4 Å². The fourth-order valence-electron chi connectivity index (χ4n) is 2.88. The molecular weight excluding hydrogens is 342 g/mol. The SMILES string of the molecule is COc1ccc(-n2c(C)cc(/C=C(/C#N)C(=O)Nc3cn[nH]c3)c2C)cc1. The van der Waals surface area contributed by atoms with E-state index in [1.807, 2.05) is 50.2 Å². The highest BCUT2D eigenvalue weighted by Gasteiger charge is 2.14. The van der Waals surface area contributed by atoms with Crippen LogP contribution in [0.15, 0.2) is 48.3 Å². The molecule has 7 nitrogen and oxygen atoms in total. The van der Waals surface area contributed by atoms with Gasteiger partial charge < -0.3 is 14.6 Å². The van der Waals surface area contributed by atoms with E-state index in [9.17, 15) is 10.1 Å². The number of nitrogens with zero attached hydrogens (tertiary/aromatic N) is 3. The number of amides is 1. The normalized spacial score (nSPS) is 11.1. The first-order valence-corrected chi connectivity index (χ1v) is 8.28. The van der Waals surface area contributed by atoms with Crippen molar-refractivity contribution in [2.45, 2.75) is 13.8 Å². The number of aryl methyl sites for hydroxylation is 1. The number of ether oxygens (including phenoxy) is 1. The maximum Gasteiger partial charge on any atom is 0.266 e. The number of benzene rings is 1. The third-order valence-corrected chi connectivity index (χ3v) is 4.22. The van der Waals surface area contributed by atoms with Crippen LogP contribution in [-0.4, -0.2) is 27.8 Å². The van der Waals surface area contributed by atoms with Crippen LogP contribution in [0.25, 0.3) is 11.8 Å². The molecule has 0 bridgehead atoms. The number of carbonyl (C=O) groups is 1. The van der Waals surface area contributed by atoms with Crippen LogP contribution in [0.1, 0.15) is 17.0 Å². The van der Waals surface area contributed by atoms with Gasteiger partial charge in [0.25, 0.3) is 5.91 Å². The van der Waals surface area contributed by atoms with Crippen molar-refractivity contribution < 1.29 is 9.53 Å². The molecule has 0 fully saturated rings. The summed E-state index contributed by atoms with van der Waals surface area (Å²) in [7, 11) is 1.63. The molecule has 0 radical (unpaired) electrons. The molecule has 2 aromatic heterocycles. The molecule has 1 aromatic carbocycles. The molecule has 2 heterocycles. The molecule has 7 heteroatoms. The Labute approximate surface area is 156 Å². The van der Waals surface area contributed by atoms with Gasteiger partial charge in [0.1, 0.15) is 17.4 Å². The first-order valence-electron chi connectivity index (χ1n) is 8.28. The van der Waals surface area contributed by atoms with Crippen LogP contribution in [0.4, 0.5) is 5.69 Å². The van der Waals surface area contributed by atoms with Gasteiger partial charge in [-0.05, 0) is 55.8 Å². The summed E-state index contributed by atoms with van der Waals surface area (Å²) in [6.45, 7) is 3.93. The minimum atomic E-state index is -0.479. The van der Waals surface area contributed by atoms with Gasteiger partial charge in [-0.15, -0.1) is 0 Å². The van der Waals surface area contributed by atoms with Crippen molar-refractivity contribution in [1.29, 1.82) is 5.26 Å². The van der Waals surface area contributed by atoms with Crippen LogP contribution in [-0.2, 0) is 4.79 Å². The lowest BCUT2D eigenvalue weighted by Crippen LogP contribution is -2.12. The molecule has 27 heavy (non-hydrogen) atoms. The third-order valence-electron chi connectivity index (χ3n) is 4.22. The number of rotatable bonds is 5. The van der Waals surface area contributed by atoms with Crippen molar-refractivity contribution in [2.75, 3.05) is 12.4 Å². The Morgan fingerprint density at radius 3 is 2.67 bits per heavy atom. The Morgan fingerprint density at radius 1 is 1.33 bits per heavy atom. The van der Waals surface area contributed by atoms with Crippen molar-refractivity contribution >= 4 is 17.7 Å². The molecular formula is C20H19N5O2. The zero-order valence-electron chi connectivity index (χ0n) is 15.3. The number of nitrogens with one attached hydrogen (secondary N) is 2. The zero-order valence-corrected chi connectivity index (χ0v) is 15.3. The molecule has 0 aliphatic carbocycles. The number of hydrogen-bond donors (Lipinski definition) is 2. The smallest absolute Gasteiger partial charge is 0.266 e. The Bertz CT molecular complexity index is 1020. The van der Waals surface area contributed by atoms with Crippen LogP contribution < -0.4 is 10.1 Å². The fourth-order valence-corrected chi connectivity index (χ4v) is 2.88. The van der Waals surface area contributed by atoms with Gasteiger partial charge >= 0.3 is 0 Å². The molecule has 0 unspecified atom stereocenters. The van der Waals surface area contributed by atoms with Gasteiger partial charge in [0.2, 0.25) is 0 Å². The first kappa shape index (κ1) is 18.0. The molecule has 0 spiro atoms. The van der Waals surface area contributed by atoms with Gasteiger partial charge in [0.15, 0.2) is 0 Å². The number of hydrogen-bond acceptors (Lipinski definition) is 4. The van der Waals surface area contributed by atoms with E-state index >= 15 is 0 Å². The minimum absolute atomic E-state index is 0.0196. The largest absolute Gasteiger partial charge is 0.497 e. The topological polar surface area (TPSA) is 95.7 Å². The summed E-state index contributed by atoms with van der Waals surface area (Å²) in [5, 5.41) is 18.4. The number of H-pyrrole nitrogens is 1. The lowest BCUT2D eigenvalue weighted by Gasteiger charge is -2.10. The van der Waals surface area contributed by atoms with E-state index in [4.69, 9.17) is 4.74 Å². The van der Waals surface area contributed by atoms with Crippen molar-refractivity contribution in [3.05, 3.63) is 65.2 Å². The van der Waals surface area contributed by atoms with E-state index in [2.05, 4.69) is 20.1 Å². The summed E-state index contributed by atoms with van der Waals surface area (Å²) in [6, 6.07) is 11.6. The van der Waals surface area contributed by atoms with Crippen LogP contribution >= 0.6 is 0 Å². The van der Waals surface area contributed by atoms with Gasteiger partial charge in [0.05, 0.1) is 19.0 Å². The van der Waals surface area contributed by atoms with Gasteiger partial charge in [0, 0.05) is 23.3 Å². The Morgan fingerprint density at radius 2 is 2.07 bits per heavy atom. The predicted molar refractivity (Wildman–Crippen MR) is 103 cm³/mol. The van der Waals surface area contributed by atoms with Crippen molar-refractivity contribution in [2.24, 2.45) is 0 Å². The first-order chi connectivity index (χ1) is 13.0. The summed E-state index contributed by atoms with van der Waals surface area (Å²) in [4.78, 5) is 12.3. The molecule has 0 atom stereocenters. The van der Waals surface area contributed by atoms with E-state index in [0.717, 1.165) is 28.4 Å². The summed E-state index contributed by atoms with van der Waals surface area (Å²) in [6.07, 6.45) is 4.61. The second kappa shape index (κ2) is 7.62. The van der Waals surface area contributed by atoms with Crippen molar-refractivity contribution in [1.82, 2.24) is 14.8 Å². The molecule has 0 aliphatic rings. The molecule has 0 saturated carbocycles. The quantitative estimate of drug-likeness (QED) is 0.538. The maximum absolute atomic E-state index is 12.3. The number of anilines is 1. The van der Waals surface area contributed by atoms with E-state index in [-0.39, 0.29) is 5.57 Å². The number of nitriles is 1. The summed E-state index contributed by atoms with van der Waals surface area (Å²) >= 11 is 0. The van der Waals surface area contributed by atoms with Crippen LogP contribution in [0.3, 0.4) is 0 Å². The van der Waals surface area contributed by atoms with Gasteiger partial charge in [-0.25, -0.2) is 0 Å². The van der Waals surface area contributed by atoms with Crippen LogP contribution in [0.2, 0.25) is 0 Å². The molecule has 0 saturated heterocycles. The predicted octanol–water partition coefficient (Wildman–Crippen LogP) is 3.37. The summed E-state index contributed by atoms with van der Waals surface area (Å²) in [5.74, 6) is 0.303. The second-order valence-corrected chi connectivity index (χ2v) is 5.97. The number of carbonyl (C=O) groups excluding carboxylic acids is 1. The molecule has 1 amide bonds. The highest BCUT2D eigenvalue weighted by Crippen LogP contribution is 2.24. The Balaban J connectivity index is 1.93. The van der Waals surface area contributed by atoms with Crippen LogP contribution in [0, 0.1) is 25.2 Å². The van der Waals surface area contributed by atoms with E-state index in [1.165, 1.54) is 6.20 Å². The number of aromatic amines is 1. The van der Waals surface area contributed by atoms with Gasteiger partial charge in [-0.1, -0.05) is 0 Å². The number of aromatic nitrogens is 3. The van der Waals surface area contributed by atoms with E-state index in [0.29, 0.717) is 5.69 Å². The minimum Gasteiger partial charge on any atom is -0.497 e. The number of methoxy groups -OCH3 is 1. The molecule has 3 aromatic rings. The lowest BCUT2D eigenvalue weighted by atomic mass is 10.1. The van der Waals surface area contributed by atoms with Gasteiger partial charge in [-0.3, -0.25) is 9.89 Å².